The Morgan fingerprint density at radius 2 is 1.94 bits per heavy atom. The molecule has 2 fully saturated rings. The molecule has 2 rings (SSSR count). The summed E-state index contributed by atoms with van der Waals surface area (Å²) in [5.74, 6) is 1.74. The third kappa shape index (κ3) is 5.28. The first-order valence-electron chi connectivity index (χ1n) is 6.73. The van der Waals surface area contributed by atoms with Gasteiger partial charge in [-0.2, -0.15) is 0 Å². The number of aliphatic hydroxyl groups excluding tert-OH is 1. The number of rotatable bonds is 9. The molecule has 0 radical (unpaired) electrons. The molecule has 0 heterocycles. The summed E-state index contributed by atoms with van der Waals surface area (Å²) in [5.41, 5.74) is 0. The lowest BCUT2D eigenvalue weighted by atomic mass is 10.1. The van der Waals surface area contributed by atoms with Crippen molar-refractivity contribution in [2.45, 2.75) is 51.2 Å². The molecule has 0 spiro atoms. The standard InChI is InChI=1S/C13H25NO2/c1-10(6-11-2-3-11)14-7-13(15)9-16-8-12-4-5-12/h10-15H,2-9H2,1H3. The molecular formula is C13H25NO2. The van der Waals surface area contributed by atoms with Crippen LogP contribution >= 0.6 is 0 Å². The fraction of sp³-hybridized carbons (Fsp3) is 1.00. The number of hydrogen-bond acceptors (Lipinski definition) is 3. The Hall–Kier alpha value is -0.120. The van der Waals surface area contributed by atoms with Crippen LogP contribution in [0.15, 0.2) is 0 Å². The van der Waals surface area contributed by atoms with E-state index in [1.54, 1.807) is 0 Å². The Balaban J connectivity index is 1.43. The molecule has 0 amide bonds. The first kappa shape index (κ1) is 12.3. The van der Waals surface area contributed by atoms with Crippen LogP contribution in [-0.2, 0) is 4.74 Å². The predicted molar refractivity (Wildman–Crippen MR) is 64.4 cm³/mol. The van der Waals surface area contributed by atoms with Crippen molar-refractivity contribution in [2.75, 3.05) is 19.8 Å². The topological polar surface area (TPSA) is 41.5 Å². The highest BCUT2D eigenvalue weighted by atomic mass is 16.5. The highest BCUT2D eigenvalue weighted by Crippen LogP contribution is 2.33. The molecule has 2 atom stereocenters. The molecule has 16 heavy (non-hydrogen) atoms. The molecule has 0 bridgehead atoms. The van der Waals surface area contributed by atoms with Gasteiger partial charge in [0, 0.05) is 19.2 Å². The second-order valence-electron chi connectivity index (χ2n) is 5.62. The Morgan fingerprint density at radius 3 is 2.56 bits per heavy atom. The molecule has 2 N–H and O–H groups in total. The molecule has 3 heteroatoms. The largest absolute Gasteiger partial charge is 0.389 e. The van der Waals surface area contributed by atoms with E-state index in [0.29, 0.717) is 19.2 Å². The summed E-state index contributed by atoms with van der Waals surface area (Å²) in [6.45, 7) is 4.20. The fourth-order valence-electron chi connectivity index (χ4n) is 1.99. The van der Waals surface area contributed by atoms with Gasteiger partial charge in [-0.25, -0.2) is 0 Å². The Labute approximate surface area is 98.6 Å². The molecular weight excluding hydrogens is 202 g/mol. The van der Waals surface area contributed by atoms with Gasteiger partial charge >= 0.3 is 0 Å². The summed E-state index contributed by atoms with van der Waals surface area (Å²) in [4.78, 5) is 0. The van der Waals surface area contributed by atoms with Crippen LogP contribution in [0.4, 0.5) is 0 Å². The van der Waals surface area contributed by atoms with Crippen LogP contribution in [0, 0.1) is 11.8 Å². The number of aliphatic hydroxyl groups is 1. The lowest BCUT2D eigenvalue weighted by Gasteiger charge is -2.17. The first-order valence-corrected chi connectivity index (χ1v) is 6.73. The average Bonchev–Trinajstić information content (AvgIpc) is 3.08. The van der Waals surface area contributed by atoms with Gasteiger partial charge in [-0.15, -0.1) is 0 Å². The number of ether oxygens (including phenoxy) is 1. The van der Waals surface area contributed by atoms with Gasteiger partial charge in [-0.1, -0.05) is 12.8 Å². The van der Waals surface area contributed by atoms with Gasteiger partial charge in [0.05, 0.1) is 12.7 Å². The van der Waals surface area contributed by atoms with Crippen molar-refractivity contribution in [3.63, 3.8) is 0 Å². The van der Waals surface area contributed by atoms with Crippen molar-refractivity contribution >= 4 is 0 Å². The minimum absolute atomic E-state index is 0.347. The summed E-state index contributed by atoms with van der Waals surface area (Å²) in [6.07, 6.45) is 6.34. The highest BCUT2D eigenvalue weighted by Gasteiger charge is 2.24. The Bertz CT molecular complexity index is 202. The number of hydrogen-bond donors (Lipinski definition) is 2. The van der Waals surface area contributed by atoms with Crippen molar-refractivity contribution in [1.82, 2.24) is 5.32 Å². The first-order chi connectivity index (χ1) is 7.74. The Morgan fingerprint density at radius 1 is 1.25 bits per heavy atom. The predicted octanol–water partition coefficient (Wildman–Crippen LogP) is 1.55. The zero-order chi connectivity index (χ0) is 11.4. The van der Waals surface area contributed by atoms with E-state index in [1.807, 2.05) is 0 Å². The maximum absolute atomic E-state index is 9.69. The molecule has 0 aromatic carbocycles. The molecule has 2 unspecified atom stereocenters. The molecule has 0 saturated heterocycles. The van der Waals surface area contributed by atoms with E-state index in [1.165, 1.54) is 32.1 Å². The van der Waals surface area contributed by atoms with Crippen molar-refractivity contribution < 1.29 is 9.84 Å². The van der Waals surface area contributed by atoms with E-state index in [2.05, 4.69) is 12.2 Å². The van der Waals surface area contributed by atoms with E-state index >= 15 is 0 Å². The third-order valence-electron chi connectivity index (χ3n) is 3.45. The average molecular weight is 227 g/mol. The van der Waals surface area contributed by atoms with Gasteiger partial charge < -0.3 is 15.2 Å². The van der Waals surface area contributed by atoms with Crippen LogP contribution in [0.25, 0.3) is 0 Å². The quantitative estimate of drug-likeness (QED) is 0.628. The molecule has 2 aliphatic rings. The normalized spacial score (nSPS) is 24.4. The second-order valence-corrected chi connectivity index (χ2v) is 5.62. The smallest absolute Gasteiger partial charge is 0.0897 e. The summed E-state index contributed by atoms with van der Waals surface area (Å²) in [5, 5.41) is 13.1. The van der Waals surface area contributed by atoms with Crippen LogP contribution in [0.3, 0.4) is 0 Å². The van der Waals surface area contributed by atoms with Crippen LogP contribution in [0.1, 0.15) is 39.0 Å². The molecule has 0 aromatic heterocycles. The van der Waals surface area contributed by atoms with E-state index in [4.69, 9.17) is 4.74 Å². The minimum Gasteiger partial charge on any atom is -0.389 e. The summed E-state index contributed by atoms with van der Waals surface area (Å²) < 4.78 is 5.46. The SMILES string of the molecule is CC(CC1CC1)NCC(O)COCC1CC1. The maximum Gasteiger partial charge on any atom is 0.0897 e. The van der Waals surface area contributed by atoms with Crippen molar-refractivity contribution in [1.29, 1.82) is 0 Å². The minimum atomic E-state index is -0.347. The van der Waals surface area contributed by atoms with Crippen LogP contribution in [0.2, 0.25) is 0 Å². The van der Waals surface area contributed by atoms with Crippen LogP contribution in [0.5, 0.6) is 0 Å². The summed E-state index contributed by atoms with van der Waals surface area (Å²) in [6, 6.07) is 0.533. The van der Waals surface area contributed by atoms with E-state index < -0.39 is 0 Å². The monoisotopic (exact) mass is 227 g/mol. The van der Waals surface area contributed by atoms with Crippen LogP contribution < -0.4 is 5.32 Å². The van der Waals surface area contributed by atoms with Crippen molar-refractivity contribution in [2.24, 2.45) is 11.8 Å². The van der Waals surface area contributed by atoms with Gasteiger partial charge in [0.2, 0.25) is 0 Å². The molecule has 2 saturated carbocycles. The van der Waals surface area contributed by atoms with Crippen molar-refractivity contribution in [3.8, 4) is 0 Å². The third-order valence-corrected chi connectivity index (χ3v) is 3.45. The summed E-state index contributed by atoms with van der Waals surface area (Å²) in [7, 11) is 0. The molecule has 0 aromatic rings. The zero-order valence-corrected chi connectivity index (χ0v) is 10.3. The lowest BCUT2D eigenvalue weighted by molar-refractivity contribution is 0.0313. The lowest BCUT2D eigenvalue weighted by Crippen LogP contribution is -2.36. The number of nitrogens with one attached hydrogen (secondary N) is 1. The molecule has 2 aliphatic carbocycles. The van der Waals surface area contributed by atoms with Gasteiger partial charge in [0.25, 0.3) is 0 Å². The summed E-state index contributed by atoms with van der Waals surface area (Å²) >= 11 is 0. The molecule has 94 valence electrons. The van der Waals surface area contributed by atoms with E-state index in [0.717, 1.165) is 18.4 Å². The second kappa shape index (κ2) is 5.99. The molecule has 3 nitrogen and oxygen atoms in total. The van der Waals surface area contributed by atoms with E-state index in [9.17, 15) is 5.11 Å². The van der Waals surface area contributed by atoms with Crippen molar-refractivity contribution in [3.05, 3.63) is 0 Å². The van der Waals surface area contributed by atoms with Gasteiger partial charge in [-0.3, -0.25) is 0 Å². The Kier molecular flexibility index (Phi) is 4.62. The maximum atomic E-state index is 9.69. The van der Waals surface area contributed by atoms with Gasteiger partial charge in [-0.05, 0) is 38.0 Å². The van der Waals surface area contributed by atoms with Crippen LogP contribution in [-0.4, -0.2) is 37.0 Å². The van der Waals surface area contributed by atoms with Gasteiger partial charge in [0.1, 0.15) is 0 Å². The van der Waals surface area contributed by atoms with Gasteiger partial charge in [0.15, 0.2) is 0 Å². The van der Waals surface area contributed by atoms with E-state index in [-0.39, 0.29) is 6.10 Å². The molecule has 0 aliphatic heterocycles. The zero-order valence-electron chi connectivity index (χ0n) is 10.3. The fourth-order valence-corrected chi connectivity index (χ4v) is 1.99. The highest BCUT2D eigenvalue weighted by molar-refractivity contribution is 4.78.